The Bertz CT molecular complexity index is 1000. The van der Waals surface area contributed by atoms with Crippen LogP contribution in [0.2, 0.25) is 0 Å². The van der Waals surface area contributed by atoms with E-state index >= 15 is 0 Å². The van der Waals surface area contributed by atoms with Crippen LogP contribution in [0.4, 0.5) is 4.39 Å². The summed E-state index contributed by atoms with van der Waals surface area (Å²) in [6, 6.07) is 5.55. The van der Waals surface area contributed by atoms with Crippen LogP contribution in [0.15, 0.2) is 47.4 Å². The van der Waals surface area contributed by atoms with E-state index in [-0.39, 0.29) is 37.3 Å². The molecule has 1 N–H and O–H groups in total. The molecule has 7 nitrogen and oxygen atoms in total. The van der Waals surface area contributed by atoms with Crippen LogP contribution < -0.4 is 15.2 Å². The molecule has 140 valence electrons. The predicted octanol–water partition coefficient (Wildman–Crippen LogP) is 1.58. The summed E-state index contributed by atoms with van der Waals surface area (Å²) < 4.78 is 21.3. The van der Waals surface area contributed by atoms with E-state index in [1.807, 2.05) is 6.92 Å². The molecule has 2 aliphatic rings. The highest BCUT2D eigenvalue weighted by atomic mass is 19.1. The Hall–Kier alpha value is -3.29. The Balaban J connectivity index is 1.90. The van der Waals surface area contributed by atoms with Gasteiger partial charge < -0.3 is 14.7 Å². The number of hydrogen-bond acceptors (Lipinski definition) is 5. The first kappa shape index (κ1) is 17.1. The summed E-state index contributed by atoms with van der Waals surface area (Å²) in [5.74, 6) is -1.37. The minimum absolute atomic E-state index is 0.105. The summed E-state index contributed by atoms with van der Waals surface area (Å²) in [4.78, 5) is 26.3. The Morgan fingerprint density at radius 1 is 1.26 bits per heavy atom. The molecular weight excluding hydrogens is 353 g/mol. The molecule has 0 spiro atoms. The maximum atomic E-state index is 14.3. The number of carbonyl (C=O) groups is 1. The molecule has 0 radical (unpaired) electrons. The van der Waals surface area contributed by atoms with Gasteiger partial charge in [0.15, 0.2) is 23.0 Å². The van der Waals surface area contributed by atoms with Crippen molar-refractivity contribution >= 4 is 5.91 Å². The van der Waals surface area contributed by atoms with Crippen molar-refractivity contribution in [3.05, 3.63) is 69.9 Å². The highest BCUT2D eigenvalue weighted by Crippen LogP contribution is 2.28. The Kier molecular flexibility index (Phi) is 4.10. The molecule has 0 fully saturated rings. The van der Waals surface area contributed by atoms with Gasteiger partial charge in [-0.05, 0) is 19.1 Å². The van der Waals surface area contributed by atoms with Gasteiger partial charge in [0.1, 0.15) is 13.3 Å². The van der Waals surface area contributed by atoms with Gasteiger partial charge in [-0.3, -0.25) is 19.3 Å². The van der Waals surface area contributed by atoms with Gasteiger partial charge in [-0.1, -0.05) is 18.2 Å². The first-order valence-electron chi connectivity index (χ1n) is 8.55. The third-order valence-electron chi connectivity index (χ3n) is 4.77. The van der Waals surface area contributed by atoms with Gasteiger partial charge in [0, 0.05) is 23.9 Å². The van der Waals surface area contributed by atoms with Crippen LogP contribution in [-0.2, 0) is 6.54 Å². The van der Waals surface area contributed by atoms with Crippen LogP contribution in [-0.4, -0.2) is 39.9 Å². The molecule has 27 heavy (non-hydrogen) atoms. The fourth-order valence-corrected chi connectivity index (χ4v) is 3.36. The molecule has 0 aliphatic carbocycles. The standard InChI is InChI=1S/C19H18FN3O4/c1-12-4-3-9-27-18-13(5-2-6-14(18)20)10-21-11-22(12)19(26)16-17(25)15(24)7-8-23(16)21/h2-8,12,25H,9-11H2,1H3/b4-3+/t12-/m1/s1. The molecular formula is C19H18FN3O4. The number of benzene rings is 1. The second kappa shape index (κ2) is 6.46. The average molecular weight is 371 g/mol. The number of hydrogen-bond donors (Lipinski definition) is 1. The number of amides is 1. The zero-order chi connectivity index (χ0) is 19.1. The van der Waals surface area contributed by atoms with Crippen molar-refractivity contribution in [1.82, 2.24) is 9.58 Å². The number of aromatic hydroxyl groups is 1. The highest BCUT2D eigenvalue weighted by Gasteiger charge is 2.34. The molecule has 3 heterocycles. The minimum Gasteiger partial charge on any atom is -0.502 e. The summed E-state index contributed by atoms with van der Waals surface area (Å²) >= 11 is 0. The van der Waals surface area contributed by atoms with Crippen molar-refractivity contribution in [3.8, 4) is 11.5 Å². The molecule has 8 heteroatoms. The quantitative estimate of drug-likeness (QED) is 0.712. The molecule has 2 aromatic rings. The molecule has 1 amide bonds. The van der Waals surface area contributed by atoms with E-state index < -0.39 is 22.9 Å². The van der Waals surface area contributed by atoms with E-state index in [4.69, 9.17) is 4.74 Å². The molecule has 4 rings (SSSR count). The van der Waals surface area contributed by atoms with Crippen LogP contribution in [0.25, 0.3) is 0 Å². The second-order valence-corrected chi connectivity index (χ2v) is 6.51. The molecule has 2 aliphatic heterocycles. The number of para-hydroxylation sites is 1. The van der Waals surface area contributed by atoms with Gasteiger partial charge in [0.05, 0.1) is 6.54 Å². The van der Waals surface area contributed by atoms with Crippen LogP contribution in [0, 0.1) is 5.82 Å². The molecule has 1 aromatic carbocycles. The van der Waals surface area contributed by atoms with E-state index in [0.717, 1.165) is 0 Å². The summed E-state index contributed by atoms with van der Waals surface area (Å²) in [6.45, 7) is 2.41. The zero-order valence-electron chi connectivity index (χ0n) is 14.6. The molecule has 1 atom stereocenters. The average Bonchev–Trinajstić information content (AvgIpc) is 2.67. The summed E-state index contributed by atoms with van der Waals surface area (Å²) in [5, 5.41) is 12.0. The summed E-state index contributed by atoms with van der Waals surface area (Å²) in [5.41, 5.74) is -0.137. The molecule has 1 aromatic heterocycles. The van der Waals surface area contributed by atoms with Crippen molar-refractivity contribution in [2.24, 2.45) is 0 Å². The predicted molar refractivity (Wildman–Crippen MR) is 95.8 cm³/mol. The topological polar surface area (TPSA) is 75.0 Å². The van der Waals surface area contributed by atoms with Crippen molar-refractivity contribution in [3.63, 3.8) is 0 Å². The zero-order valence-corrected chi connectivity index (χ0v) is 14.6. The van der Waals surface area contributed by atoms with Crippen LogP contribution in [0.1, 0.15) is 23.0 Å². The van der Waals surface area contributed by atoms with Gasteiger partial charge in [-0.25, -0.2) is 4.39 Å². The molecule has 0 unspecified atom stereocenters. The minimum atomic E-state index is -0.626. The number of aromatic nitrogens is 1. The lowest BCUT2D eigenvalue weighted by Crippen LogP contribution is -2.55. The number of rotatable bonds is 0. The van der Waals surface area contributed by atoms with Gasteiger partial charge >= 0.3 is 0 Å². The monoisotopic (exact) mass is 371 g/mol. The number of halogens is 1. The summed E-state index contributed by atoms with van der Waals surface area (Å²) in [7, 11) is 0. The smallest absolute Gasteiger partial charge is 0.278 e. The van der Waals surface area contributed by atoms with Crippen LogP contribution in [0.3, 0.4) is 0 Å². The number of ether oxygens (including phenoxy) is 1. The third kappa shape index (κ3) is 2.83. The molecule has 0 saturated heterocycles. The van der Waals surface area contributed by atoms with Gasteiger partial charge in [0.2, 0.25) is 5.43 Å². The van der Waals surface area contributed by atoms with Gasteiger partial charge in [-0.15, -0.1) is 0 Å². The first-order chi connectivity index (χ1) is 13.0. The Morgan fingerprint density at radius 2 is 2.07 bits per heavy atom. The number of pyridine rings is 1. The lowest BCUT2D eigenvalue weighted by Gasteiger charge is -2.41. The Morgan fingerprint density at radius 3 is 2.89 bits per heavy atom. The first-order valence-corrected chi connectivity index (χ1v) is 8.55. The fraction of sp³-hybridized carbons (Fsp3) is 0.263. The van der Waals surface area contributed by atoms with Gasteiger partial charge in [0.25, 0.3) is 5.91 Å². The highest BCUT2D eigenvalue weighted by molar-refractivity contribution is 5.96. The van der Waals surface area contributed by atoms with E-state index in [2.05, 4.69) is 0 Å². The number of fused-ring (bicyclic) bond motifs is 5. The lowest BCUT2D eigenvalue weighted by atomic mass is 10.1. The Labute approximate surface area is 154 Å². The molecule has 2 bridgehead atoms. The maximum Gasteiger partial charge on any atom is 0.278 e. The lowest BCUT2D eigenvalue weighted by molar-refractivity contribution is 0.0649. The van der Waals surface area contributed by atoms with E-state index in [1.54, 1.807) is 29.3 Å². The van der Waals surface area contributed by atoms with Crippen molar-refractivity contribution in [2.45, 2.75) is 19.5 Å². The van der Waals surface area contributed by atoms with Gasteiger partial charge in [-0.2, -0.15) is 0 Å². The number of nitrogens with zero attached hydrogens (tertiary/aromatic N) is 3. The number of carbonyl (C=O) groups excluding carboxylic acids is 1. The van der Waals surface area contributed by atoms with Crippen molar-refractivity contribution < 1.29 is 19.0 Å². The third-order valence-corrected chi connectivity index (χ3v) is 4.77. The largest absolute Gasteiger partial charge is 0.502 e. The maximum absolute atomic E-state index is 14.3. The second-order valence-electron chi connectivity index (χ2n) is 6.51. The fourth-order valence-electron chi connectivity index (χ4n) is 3.36. The summed E-state index contributed by atoms with van der Waals surface area (Å²) in [6.07, 6.45) is 4.93. The van der Waals surface area contributed by atoms with E-state index in [9.17, 15) is 19.1 Å². The van der Waals surface area contributed by atoms with E-state index in [0.29, 0.717) is 5.56 Å². The van der Waals surface area contributed by atoms with Crippen molar-refractivity contribution in [2.75, 3.05) is 18.3 Å². The van der Waals surface area contributed by atoms with Crippen LogP contribution in [0.5, 0.6) is 11.5 Å². The SMILES string of the molecule is C[C@@H]1/C=C/COc2c(F)cccc2CN2CN1C(=O)c1c(O)c(=O)ccn12. The van der Waals surface area contributed by atoms with Crippen molar-refractivity contribution in [1.29, 1.82) is 0 Å². The van der Waals surface area contributed by atoms with E-state index in [1.165, 1.54) is 27.9 Å². The molecule has 0 saturated carbocycles. The van der Waals surface area contributed by atoms with Crippen LogP contribution >= 0.6 is 0 Å². The normalized spacial score (nSPS) is 20.2.